The molecule has 0 unspecified atom stereocenters. The number of benzene rings is 2. The van der Waals surface area contributed by atoms with Crippen LogP contribution in [-0.2, 0) is 20.7 Å². The van der Waals surface area contributed by atoms with Crippen LogP contribution in [0.4, 0.5) is 11.4 Å². The number of rotatable bonds is 8. The van der Waals surface area contributed by atoms with Gasteiger partial charge in [0, 0.05) is 35.4 Å². The zero-order chi connectivity index (χ0) is 23.0. The fourth-order valence-corrected chi connectivity index (χ4v) is 4.54. The van der Waals surface area contributed by atoms with E-state index in [1.54, 1.807) is 7.11 Å². The molecule has 7 nitrogen and oxygen atoms in total. The van der Waals surface area contributed by atoms with E-state index in [1.807, 2.05) is 53.9 Å². The van der Waals surface area contributed by atoms with Gasteiger partial charge in [-0.15, -0.1) is 11.3 Å². The normalized spacial score (nSPS) is 13.4. The predicted molar refractivity (Wildman–Crippen MR) is 130 cm³/mol. The van der Waals surface area contributed by atoms with Crippen LogP contribution in [0.3, 0.4) is 0 Å². The van der Waals surface area contributed by atoms with Gasteiger partial charge in [-0.1, -0.05) is 12.1 Å². The van der Waals surface area contributed by atoms with E-state index in [2.05, 4.69) is 15.2 Å². The number of ether oxygens (including phenoxy) is 2. The molecular weight excluding hydrogens is 438 g/mol. The highest BCUT2D eigenvalue weighted by Gasteiger charge is 2.14. The zero-order valence-electron chi connectivity index (χ0n) is 18.6. The quantitative estimate of drug-likeness (QED) is 0.492. The van der Waals surface area contributed by atoms with Crippen molar-refractivity contribution in [3.63, 3.8) is 0 Å². The lowest BCUT2D eigenvalue weighted by Crippen LogP contribution is -2.29. The molecule has 1 aromatic heterocycles. The van der Waals surface area contributed by atoms with E-state index in [1.165, 1.54) is 30.6 Å². The molecule has 0 bridgehead atoms. The van der Waals surface area contributed by atoms with Crippen LogP contribution in [0.25, 0.3) is 10.6 Å². The fraction of sp³-hybridized carbons (Fsp3) is 0.320. The monoisotopic (exact) mass is 465 g/mol. The van der Waals surface area contributed by atoms with E-state index in [0.29, 0.717) is 11.4 Å². The fourth-order valence-electron chi connectivity index (χ4n) is 3.73. The van der Waals surface area contributed by atoms with Gasteiger partial charge in [0.05, 0.1) is 19.2 Å². The zero-order valence-corrected chi connectivity index (χ0v) is 19.4. The van der Waals surface area contributed by atoms with Crippen LogP contribution in [0.2, 0.25) is 0 Å². The van der Waals surface area contributed by atoms with Crippen LogP contribution < -0.4 is 15.0 Å². The minimum absolute atomic E-state index is 0.0122. The van der Waals surface area contributed by atoms with Crippen molar-refractivity contribution in [2.45, 2.75) is 25.7 Å². The second kappa shape index (κ2) is 11.0. The van der Waals surface area contributed by atoms with Gasteiger partial charge < -0.3 is 19.7 Å². The Hall–Kier alpha value is -3.39. The molecule has 0 saturated carbocycles. The second-order valence-corrected chi connectivity index (χ2v) is 8.71. The molecule has 1 amide bonds. The second-order valence-electron chi connectivity index (χ2n) is 7.86. The number of piperidine rings is 1. The molecule has 4 rings (SSSR count). The molecule has 2 heterocycles. The summed E-state index contributed by atoms with van der Waals surface area (Å²) in [6.45, 7) is 1.81. The highest BCUT2D eigenvalue weighted by Crippen LogP contribution is 2.27. The van der Waals surface area contributed by atoms with E-state index in [9.17, 15) is 9.59 Å². The van der Waals surface area contributed by atoms with Gasteiger partial charge in [0.15, 0.2) is 6.61 Å². The first-order valence-corrected chi connectivity index (χ1v) is 11.9. The highest BCUT2D eigenvalue weighted by atomic mass is 32.1. The standard InChI is InChI=1S/C25H27N3O4S/c1-31-22-7-5-6-18(14-22)25-27-20(17-33-25)15-24(30)32-16-23(29)26-19-8-10-21(11-9-19)28-12-3-2-4-13-28/h5-11,14,17H,2-4,12-13,15-16H2,1H3,(H,26,29). The summed E-state index contributed by atoms with van der Waals surface area (Å²) in [5, 5.41) is 5.38. The lowest BCUT2D eigenvalue weighted by Gasteiger charge is -2.28. The molecule has 0 atom stereocenters. The molecule has 1 aliphatic heterocycles. The number of amides is 1. The number of carbonyl (C=O) groups excluding carboxylic acids is 2. The molecule has 8 heteroatoms. The molecule has 0 aliphatic carbocycles. The number of methoxy groups -OCH3 is 1. The van der Waals surface area contributed by atoms with Crippen molar-refractivity contribution in [3.05, 3.63) is 59.6 Å². The van der Waals surface area contributed by atoms with E-state index in [4.69, 9.17) is 9.47 Å². The predicted octanol–water partition coefficient (Wildman–Crippen LogP) is 4.53. The molecule has 0 spiro atoms. The Morgan fingerprint density at radius 2 is 1.88 bits per heavy atom. The Morgan fingerprint density at radius 3 is 2.64 bits per heavy atom. The summed E-state index contributed by atoms with van der Waals surface area (Å²) in [7, 11) is 1.61. The Bertz CT molecular complexity index is 1090. The average Bonchev–Trinajstić information content (AvgIpc) is 3.32. The molecule has 1 fully saturated rings. The van der Waals surface area contributed by atoms with Crippen molar-refractivity contribution in [1.29, 1.82) is 0 Å². The van der Waals surface area contributed by atoms with Crippen LogP contribution in [0, 0.1) is 0 Å². The third-order valence-electron chi connectivity index (χ3n) is 5.43. The van der Waals surface area contributed by atoms with Gasteiger partial charge in [-0.05, 0) is 55.7 Å². The van der Waals surface area contributed by atoms with Gasteiger partial charge in [-0.3, -0.25) is 9.59 Å². The smallest absolute Gasteiger partial charge is 0.312 e. The summed E-state index contributed by atoms with van der Waals surface area (Å²) in [6.07, 6.45) is 3.73. The number of nitrogens with one attached hydrogen (secondary N) is 1. The largest absolute Gasteiger partial charge is 0.497 e. The lowest BCUT2D eigenvalue weighted by molar-refractivity contribution is -0.146. The number of carbonyl (C=O) groups is 2. The maximum atomic E-state index is 12.2. The summed E-state index contributed by atoms with van der Waals surface area (Å²) >= 11 is 1.44. The Morgan fingerprint density at radius 1 is 1.09 bits per heavy atom. The molecule has 33 heavy (non-hydrogen) atoms. The van der Waals surface area contributed by atoms with Crippen LogP contribution in [0.15, 0.2) is 53.9 Å². The van der Waals surface area contributed by atoms with Gasteiger partial charge in [0.2, 0.25) is 0 Å². The Balaban J connectivity index is 1.23. The number of esters is 1. The van der Waals surface area contributed by atoms with Gasteiger partial charge in [0.1, 0.15) is 10.8 Å². The number of anilines is 2. The van der Waals surface area contributed by atoms with E-state index in [-0.39, 0.29) is 18.9 Å². The number of thiazole rings is 1. The van der Waals surface area contributed by atoms with Crippen molar-refractivity contribution in [2.75, 3.05) is 37.0 Å². The first-order valence-electron chi connectivity index (χ1n) is 11.0. The molecule has 3 aromatic rings. The van der Waals surface area contributed by atoms with Gasteiger partial charge in [0.25, 0.3) is 5.91 Å². The molecule has 1 N–H and O–H groups in total. The van der Waals surface area contributed by atoms with Crippen LogP contribution >= 0.6 is 11.3 Å². The van der Waals surface area contributed by atoms with Crippen LogP contribution in [0.1, 0.15) is 25.0 Å². The molecule has 172 valence electrons. The van der Waals surface area contributed by atoms with Crippen LogP contribution in [0.5, 0.6) is 5.75 Å². The van der Waals surface area contributed by atoms with E-state index < -0.39 is 5.97 Å². The Kier molecular flexibility index (Phi) is 7.57. The third kappa shape index (κ3) is 6.32. The minimum atomic E-state index is -0.493. The van der Waals surface area contributed by atoms with Crippen molar-refractivity contribution >= 4 is 34.6 Å². The van der Waals surface area contributed by atoms with E-state index in [0.717, 1.165) is 35.1 Å². The molecule has 0 radical (unpaired) electrons. The number of nitrogens with zero attached hydrogens (tertiary/aromatic N) is 2. The summed E-state index contributed by atoms with van der Waals surface area (Å²) in [6, 6.07) is 15.4. The number of hydrogen-bond donors (Lipinski definition) is 1. The minimum Gasteiger partial charge on any atom is -0.497 e. The van der Waals surface area contributed by atoms with Crippen LogP contribution in [-0.4, -0.2) is 43.7 Å². The third-order valence-corrected chi connectivity index (χ3v) is 6.37. The maximum Gasteiger partial charge on any atom is 0.312 e. The van der Waals surface area contributed by atoms with Crippen molar-refractivity contribution in [2.24, 2.45) is 0 Å². The van der Waals surface area contributed by atoms with Crippen molar-refractivity contribution < 1.29 is 19.1 Å². The first kappa shape index (κ1) is 22.8. The van der Waals surface area contributed by atoms with Gasteiger partial charge in [-0.25, -0.2) is 4.98 Å². The summed E-state index contributed by atoms with van der Waals surface area (Å²) in [5.74, 6) is -0.117. The Labute approximate surface area is 197 Å². The molecular formula is C25H27N3O4S. The average molecular weight is 466 g/mol. The SMILES string of the molecule is COc1cccc(-c2nc(CC(=O)OCC(=O)Nc3ccc(N4CCCCC4)cc3)cs2)c1. The molecule has 1 saturated heterocycles. The summed E-state index contributed by atoms with van der Waals surface area (Å²) < 4.78 is 10.4. The van der Waals surface area contributed by atoms with Gasteiger partial charge in [-0.2, -0.15) is 0 Å². The number of aromatic nitrogens is 1. The topological polar surface area (TPSA) is 80.8 Å². The van der Waals surface area contributed by atoms with Gasteiger partial charge >= 0.3 is 5.97 Å². The summed E-state index contributed by atoms with van der Waals surface area (Å²) in [5.41, 5.74) is 3.37. The summed E-state index contributed by atoms with van der Waals surface area (Å²) in [4.78, 5) is 31.2. The number of hydrogen-bond acceptors (Lipinski definition) is 7. The van der Waals surface area contributed by atoms with Crippen molar-refractivity contribution in [1.82, 2.24) is 4.98 Å². The lowest BCUT2D eigenvalue weighted by atomic mass is 10.1. The highest BCUT2D eigenvalue weighted by molar-refractivity contribution is 7.13. The molecule has 1 aliphatic rings. The van der Waals surface area contributed by atoms with E-state index >= 15 is 0 Å². The van der Waals surface area contributed by atoms with Crippen molar-refractivity contribution in [3.8, 4) is 16.3 Å². The molecule has 2 aromatic carbocycles. The maximum absolute atomic E-state index is 12.2. The first-order chi connectivity index (χ1) is 16.1.